The highest BCUT2D eigenvalue weighted by atomic mass is 32.1. The highest BCUT2D eigenvalue weighted by Crippen LogP contribution is 2.34. The van der Waals surface area contributed by atoms with Crippen molar-refractivity contribution in [3.63, 3.8) is 0 Å². The van der Waals surface area contributed by atoms with Crippen molar-refractivity contribution in [3.05, 3.63) is 15.6 Å². The largest absolute Gasteiger partial charge is 0.317 e. The van der Waals surface area contributed by atoms with Gasteiger partial charge in [0.05, 0.1) is 15.6 Å². The number of nitrogens with one attached hydrogen (secondary N) is 1. The van der Waals surface area contributed by atoms with Gasteiger partial charge in [0.25, 0.3) is 5.92 Å². The zero-order valence-electron chi connectivity index (χ0n) is 9.40. The third-order valence-electron chi connectivity index (χ3n) is 2.21. The molecule has 1 rings (SSSR count). The quantitative estimate of drug-likeness (QED) is 0.866. The molecule has 0 bridgehead atoms. The molecule has 2 nitrogen and oxygen atoms in total. The Morgan fingerprint density at radius 1 is 1.53 bits per heavy atom. The highest BCUT2D eigenvalue weighted by molar-refractivity contribution is 7.11. The Balaban J connectivity index is 2.86. The van der Waals surface area contributed by atoms with Gasteiger partial charge in [-0.2, -0.15) is 0 Å². The zero-order valence-corrected chi connectivity index (χ0v) is 10.2. The lowest BCUT2D eigenvalue weighted by Gasteiger charge is -2.07. The van der Waals surface area contributed by atoms with E-state index in [1.807, 2.05) is 14.0 Å². The van der Waals surface area contributed by atoms with Crippen molar-refractivity contribution < 1.29 is 8.78 Å². The van der Waals surface area contributed by atoms with E-state index in [-0.39, 0.29) is 10.9 Å². The van der Waals surface area contributed by atoms with Crippen molar-refractivity contribution in [1.29, 1.82) is 0 Å². The molecule has 1 unspecified atom stereocenters. The first-order valence-corrected chi connectivity index (χ1v) is 5.68. The molecule has 0 fully saturated rings. The van der Waals surface area contributed by atoms with E-state index in [1.165, 1.54) is 0 Å². The Hall–Kier alpha value is -0.550. The number of nitrogens with zero attached hydrogens (tertiary/aromatic N) is 1. The number of thiazole rings is 1. The van der Waals surface area contributed by atoms with Crippen molar-refractivity contribution in [1.82, 2.24) is 10.3 Å². The van der Waals surface area contributed by atoms with Crippen molar-refractivity contribution in [2.24, 2.45) is 0 Å². The lowest BCUT2D eigenvalue weighted by molar-refractivity contribution is 0.0206. The summed E-state index contributed by atoms with van der Waals surface area (Å²) in [6.07, 6.45) is 0.693. The van der Waals surface area contributed by atoms with E-state index in [1.54, 1.807) is 6.92 Å². The van der Waals surface area contributed by atoms with Gasteiger partial charge in [-0.15, -0.1) is 11.3 Å². The Labute approximate surface area is 92.7 Å². The maximum Gasteiger partial charge on any atom is 0.281 e. The number of rotatable bonds is 4. The number of hydrogen-bond donors (Lipinski definition) is 1. The number of aryl methyl sites for hydroxylation is 1. The molecule has 0 radical (unpaired) electrons. The molecule has 0 aliphatic carbocycles. The molecule has 1 atom stereocenters. The van der Waals surface area contributed by atoms with Crippen LogP contribution in [0, 0.1) is 6.92 Å². The molecule has 0 saturated carbocycles. The maximum atomic E-state index is 13.1. The number of alkyl halides is 2. The molecule has 0 spiro atoms. The molecule has 86 valence electrons. The van der Waals surface area contributed by atoms with Crippen LogP contribution in [0.5, 0.6) is 0 Å². The molecule has 5 heteroatoms. The van der Waals surface area contributed by atoms with Gasteiger partial charge < -0.3 is 5.32 Å². The SMILES string of the molecule is CNC(C)Cc1nc(C)c(C(C)(F)F)s1. The van der Waals surface area contributed by atoms with Crippen molar-refractivity contribution >= 4 is 11.3 Å². The van der Waals surface area contributed by atoms with Crippen LogP contribution in [0.15, 0.2) is 0 Å². The Bertz CT molecular complexity index is 331. The molecule has 1 N–H and O–H groups in total. The molecular weight excluding hydrogens is 218 g/mol. The Kier molecular flexibility index (Phi) is 3.78. The zero-order chi connectivity index (χ0) is 11.6. The highest BCUT2D eigenvalue weighted by Gasteiger charge is 2.30. The molecular formula is C10H16F2N2S. The fourth-order valence-corrected chi connectivity index (χ4v) is 2.43. The first kappa shape index (κ1) is 12.5. The summed E-state index contributed by atoms with van der Waals surface area (Å²) < 4.78 is 26.2. The third-order valence-corrected chi connectivity index (χ3v) is 3.56. The lowest BCUT2D eigenvalue weighted by Crippen LogP contribution is -2.23. The monoisotopic (exact) mass is 234 g/mol. The van der Waals surface area contributed by atoms with Crippen LogP contribution in [0.1, 0.15) is 29.4 Å². The lowest BCUT2D eigenvalue weighted by atomic mass is 10.2. The van der Waals surface area contributed by atoms with Crippen molar-refractivity contribution in [2.75, 3.05) is 7.05 Å². The number of halogens is 2. The summed E-state index contributed by atoms with van der Waals surface area (Å²) in [4.78, 5) is 4.25. The first-order valence-electron chi connectivity index (χ1n) is 4.86. The Morgan fingerprint density at radius 2 is 2.13 bits per heavy atom. The summed E-state index contributed by atoms with van der Waals surface area (Å²) in [6, 6.07) is 0.258. The second-order valence-corrected chi connectivity index (χ2v) is 4.89. The molecule has 1 heterocycles. The van der Waals surface area contributed by atoms with Gasteiger partial charge in [0.1, 0.15) is 0 Å². The van der Waals surface area contributed by atoms with Crippen LogP contribution < -0.4 is 5.32 Å². The van der Waals surface area contributed by atoms with Gasteiger partial charge in [-0.05, 0) is 20.9 Å². The standard InChI is InChI=1S/C10H16F2N2S/c1-6(13-4)5-8-14-7(2)9(15-8)10(3,11)12/h6,13H,5H2,1-4H3. The number of likely N-dealkylation sites (N-methyl/N-ethyl adjacent to an activating group) is 1. The van der Waals surface area contributed by atoms with Gasteiger partial charge in [-0.1, -0.05) is 0 Å². The van der Waals surface area contributed by atoms with Crippen LogP contribution in [0.4, 0.5) is 8.78 Å². The summed E-state index contributed by atoms with van der Waals surface area (Å²) in [7, 11) is 1.85. The van der Waals surface area contributed by atoms with E-state index in [2.05, 4.69) is 10.3 Å². The van der Waals surface area contributed by atoms with Gasteiger partial charge in [0.2, 0.25) is 0 Å². The van der Waals surface area contributed by atoms with E-state index in [4.69, 9.17) is 0 Å². The van der Waals surface area contributed by atoms with Gasteiger partial charge in [-0.25, -0.2) is 13.8 Å². The fourth-order valence-electron chi connectivity index (χ4n) is 1.31. The minimum Gasteiger partial charge on any atom is -0.317 e. The summed E-state index contributed by atoms with van der Waals surface area (Å²) >= 11 is 1.11. The minimum absolute atomic E-state index is 0.0841. The van der Waals surface area contributed by atoms with Gasteiger partial charge in [0, 0.05) is 19.4 Å². The molecule has 0 aliphatic rings. The van der Waals surface area contributed by atoms with E-state index >= 15 is 0 Å². The van der Waals surface area contributed by atoms with Crippen LogP contribution in [-0.2, 0) is 12.3 Å². The summed E-state index contributed by atoms with van der Waals surface area (Å²) in [5, 5.41) is 3.83. The predicted octanol–water partition coefficient (Wildman–Crippen LogP) is 2.71. The van der Waals surface area contributed by atoms with Crippen LogP contribution in [0.2, 0.25) is 0 Å². The topological polar surface area (TPSA) is 24.9 Å². The average Bonchev–Trinajstić information content (AvgIpc) is 2.45. The first-order chi connectivity index (χ1) is 6.84. The minimum atomic E-state index is -2.77. The molecule has 1 aromatic rings. The van der Waals surface area contributed by atoms with Gasteiger partial charge in [0.15, 0.2) is 0 Å². The van der Waals surface area contributed by atoms with Gasteiger partial charge >= 0.3 is 0 Å². The van der Waals surface area contributed by atoms with Crippen LogP contribution >= 0.6 is 11.3 Å². The smallest absolute Gasteiger partial charge is 0.281 e. The second-order valence-electron chi connectivity index (χ2n) is 3.80. The summed E-state index contributed by atoms with van der Waals surface area (Å²) in [5.74, 6) is -2.77. The maximum absolute atomic E-state index is 13.1. The number of aromatic nitrogens is 1. The molecule has 0 aromatic carbocycles. The van der Waals surface area contributed by atoms with Gasteiger partial charge in [-0.3, -0.25) is 0 Å². The van der Waals surface area contributed by atoms with Crippen molar-refractivity contribution in [2.45, 2.75) is 39.2 Å². The third kappa shape index (κ3) is 3.21. The molecule has 15 heavy (non-hydrogen) atoms. The molecule has 0 amide bonds. The average molecular weight is 234 g/mol. The summed E-state index contributed by atoms with van der Waals surface area (Å²) in [5.41, 5.74) is 0.450. The molecule has 0 aliphatic heterocycles. The van der Waals surface area contributed by atoms with Crippen molar-refractivity contribution in [3.8, 4) is 0 Å². The molecule has 1 aromatic heterocycles. The number of hydrogen-bond acceptors (Lipinski definition) is 3. The van der Waals surface area contributed by atoms with E-state index in [0.717, 1.165) is 23.3 Å². The van der Waals surface area contributed by atoms with E-state index in [9.17, 15) is 8.78 Å². The predicted molar refractivity (Wildman–Crippen MR) is 58.6 cm³/mol. The normalized spacial score (nSPS) is 14.3. The van der Waals surface area contributed by atoms with E-state index in [0.29, 0.717) is 12.1 Å². The summed E-state index contributed by atoms with van der Waals surface area (Å²) in [6.45, 7) is 4.55. The fraction of sp³-hybridized carbons (Fsp3) is 0.700. The second kappa shape index (κ2) is 4.53. The van der Waals surface area contributed by atoms with E-state index < -0.39 is 5.92 Å². The molecule has 0 saturated heterocycles. The van der Waals surface area contributed by atoms with Crippen LogP contribution in [0.25, 0.3) is 0 Å². The van der Waals surface area contributed by atoms with Crippen LogP contribution in [0.3, 0.4) is 0 Å². The Morgan fingerprint density at radius 3 is 2.53 bits per heavy atom. The van der Waals surface area contributed by atoms with Crippen LogP contribution in [-0.4, -0.2) is 18.1 Å².